The van der Waals surface area contributed by atoms with Crippen molar-refractivity contribution in [1.29, 1.82) is 5.41 Å². The maximum Gasteiger partial charge on any atom is 0.255 e. The van der Waals surface area contributed by atoms with Crippen molar-refractivity contribution in [3.8, 4) is 5.75 Å². The highest BCUT2D eigenvalue weighted by Crippen LogP contribution is 2.30. The molecular formula is C29H35N7O3. The number of nitrogens with one attached hydrogen (secondary N) is 3. The summed E-state index contributed by atoms with van der Waals surface area (Å²) >= 11 is 0. The lowest BCUT2D eigenvalue weighted by molar-refractivity contribution is -0.134. The highest BCUT2D eigenvalue weighted by Gasteiger charge is 2.29. The zero-order chi connectivity index (χ0) is 27.9. The number of hydrogen-bond acceptors (Lipinski definition) is 8. The third-order valence-corrected chi connectivity index (χ3v) is 6.98. The molecule has 2 amide bonds. The van der Waals surface area contributed by atoms with Gasteiger partial charge in [0.15, 0.2) is 0 Å². The predicted octanol–water partition coefficient (Wildman–Crippen LogP) is 3.47. The van der Waals surface area contributed by atoms with Gasteiger partial charge in [-0.1, -0.05) is 42.8 Å². The van der Waals surface area contributed by atoms with Crippen LogP contribution in [0.1, 0.15) is 52.7 Å². The number of carbonyl (C=O) groups is 2. The molecule has 2 aromatic carbocycles. The molecule has 2 atom stereocenters. The summed E-state index contributed by atoms with van der Waals surface area (Å²) in [5.74, 6) is 1.08. The number of rotatable bonds is 9. The largest absolute Gasteiger partial charge is 0.496 e. The molecule has 4 rings (SSSR count). The number of amides is 2. The predicted molar refractivity (Wildman–Crippen MR) is 151 cm³/mol. The third kappa shape index (κ3) is 6.51. The van der Waals surface area contributed by atoms with Gasteiger partial charge < -0.3 is 26.0 Å². The molecule has 0 bridgehead atoms. The standard InChI is InChI=1S/C29H35N7O3/c1-36(2)29(38)20-7-6-8-21(15-20)35-27-24(26(31)33-17-34-27)25(30)19-13-11-18(12-14-19)16-32-28(37)22-9-4-5-10-23(22)39-3/h4-5,9-14,17,20-21,30H,6-8,15-16H2,1-3H3,(H,32,37)(H3,31,33,34,35). The first-order valence-electron chi connectivity index (χ1n) is 13.0. The lowest BCUT2D eigenvalue weighted by Crippen LogP contribution is -2.37. The Labute approximate surface area is 228 Å². The maximum absolute atomic E-state index is 12.6. The fourth-order valence-electron chi connectivity index (χ4n) is 4.90. The zero-order valence-corrected chi connectivity index (χ0v) is 22.5. The molecule has 3 aromatic rings. The van der Waals surface area contributed by atoms with Crippen LogP contribution in [0.25, 0.3) is 0 Å². The molecule has 5 N–H and O–H groups in total. The Hall–Kier alpha value is -4.47. The lowest BCUT2D eigenvalue weighted by atomic mass is 9.84. The number of nitrogen functional groups attached to an aromatic ring is 1. The third-order valence-electron chi connectivity index (χ3n) is 6.98. The zero-order valence-electron chi connectivity index (χ0n) is 22.5. The van der Waals surface area contributed by atoms with E-state index in [-0.39, 0.29) is 35.3 Å². The fourth-order valence-corrected chi connectivity index (χ4v) is 4.90. The molecule has 1 aliphatic rings. The van der Waals surface area contributed by atoms with Crippen LogP contribution in [0.15, 0.2) is 54.9 Å². The summed E-state index contributed by atoms with van der Waals surface area (Å²) in [4.78, 5) is 35.3. The van der Waals surface area contributed by atoms with Gasteiger partial charge >= 0.3 is 0 Å². The van der Waals surface area contributed by atoms with Crippen molar-refractivity contribution in [2.75, 3.05) is 32.3 Å². The lowest BCUT2D eigenvalue weighted by Gasteiger charge is -2.31. The van der Waals surface area contributed by atoms with E-state index in [9.17, 15) is 9.59 Å². The van der Waals surface area contributed by atoms with Crippen LogP contribution in [-0.4, -0.2) is 59.6 Å². The van der Waals surface area contributed by atoms with Crippen LogP contribution in [0.2, 0.25) is 0 Å². The minimum absolute atomic E-state index is 0.0376. The molecule has 1 fully saturated rings. The second kappa shape index (κ2) is 12.4. The van der Waals surface area contributed by atoms with Crippen LogP contribution >= 0.6 is 0 Å². The van der Waals surface area contributed by atoms with Crippen molar-refractivity contribution in [3.63, 3.8) is 0 Å². The molecule has 204 valence electrons. The van der Waals surface area contributed by atoms with Gasteiger partial charge in [-0.2, -0.15) is 0 Å². The Bertz CT molecular complexity index is 1340. The minimum Gasteiger partial charge on any atom is -0.496 e. The molecule has 1 aliphatic carbocycles. The summed E-state index contributed by atoms with van der Waals surface area (Å²) in [5, 5.41) is 15.2. The van der Waals surface area contributed by atoms with Crippen LogP contribution in [0.4, 0.5) is 11.6 Å². The van der Waals surface area contributed by atoms with Gasteiger partial charge in [-0.05, 0) is 37.0 Å². The number of para-hydroxylation sites is 1. The molecule has 10 heteroatoms. The van der Waals surface area contributed by atoms with Crippen molar-refractivity contribution in [2.45, 2.75) is 38.3 Å². The van der Waals surface area contributed by atoms with Crippen molar-refractivity contribution >= 4 is 29.2 Å². The van der Waals surface area contributed by atoms with E-state index in [2.05, 4.69) is 20.6 Å². The number of benzene rings is 2. The number of nitrogens with two attached hydrogens (primary N) is 1. The molecule has 39 heavy (non-hydrogen) atoms. The van der Waals surface area contributed by atoms with Gasteiger partial charge in [-0.15, -0.1) is 0 Å². The number of anilines is 2. The minimum atomic E-state index is -0.230. The average Bonchev–Trinajstić information content (AvgIpc) is 2.95. The van der Waals surface area contributed by atoms with E-state index in [0.717, 1.165) is 24.8 Å². The van der Waals surface area contributed by atoms with Gasteiger partial charge in [-0.25, -0.2) is 9.97 Å². The summed E-state index contributed by atoms with van der Waals surface area (Å²) < 4.78 is 5.27. The summed E-state index contributed by atoms with van der Waals surface area (Å²) in [7, 11) is 5.09. The van der Waals surface area contributed by atoms with Crippen LogP contribution in [0.5, 0.6) is 5.75 Å². The molecule has 0 saturated heterocycles. The number of nitrogens with zero attached hydrogens (tertiary/aromatic N) is 3. The Morgan fingerprint density at radius 2 is 1.85 bits per heavy atom. The molecule has 1 saturated carbocycles. The van der Waals surface area contributed by atoms with E-state index >= 15 is 0 Å². The summed E-state index contributed by atoms with van der Waals surface area (Å²) in [6.07, 6.45) is 4.79. The monoisotopic (exact) mass is 529 g/mol. The Kier molecular flexibility index (Phi) is 8.75. The highest BCUT2D eigenvalue weighted by molar-refractivity contribution is 6.16. The highest BCUT2D eigenvalue weighted by atomic mass is 16.5. The first kappa shape index (κ1) is 27.6. The van der Waals surface area contributed by atoms with Crippen LogP contribution in [0, 0.1) is 11.3 Å². The van der Waals surface area contributed by atoms with Crippen LogP contribution < -0.4 is 21.1 Å². The molecule has 0 radical (unpaired) electrons. The second-order valence-electron chi connectivity index (χ2n) is 9.87. The van der Waals surface area contributed by atoms with Crippen LogP contribution in [-0.2, 0) is 11.3 Å². The Balaban J connectivity index is 1.44. The van der Waals surface area contributed by atoms with E-state index in [1.54, 1.807) is 37.2 Å². The molecule has 1 heterocycles. The molecule has 0 aliphatic heterocycles. The van der Waals surface area contributed by atoms with Crippen molar-refractivity contribution < 1.29 is 14.3 Å². The maximum atomic E-state index is 12.6. The van der Waals surface area contributed by atoms with Gasteiger partial charge in [-0.3, -0.25) is 15.0 Å². The van der Waals surface area contributed by atoms with Gasteiger partial charge in [0, 0.05) is 38.2 Å². The van der Waals surface area contributed by atoms with Gasteiger partial charge in [0.25, 0.3) is 5.91 Å². The van der Waals surface area contributed by atoms with Crippen LogP contribution in [0.3, 0.4) is 0 Å². The number of aromatic nitrogens is 2. The molecule has 2 unspecified atom stereocenters. The number of ether oxygens (including phenoxy) is 1. The van der Waals surface area contributed by atoms with E-state index < -0.39 is 0 Å². The number of methoxy groups -OCH3 is 1. The number of hydrogen-bond donors (Lipinski definition) is 4. The Morgan fingerprint density at radius 3 is 2.56 bits per heavy atom. The van der Waals surface area contributed by atoms with E-state index in [4.69, 9.17) is 15.9 Å². The first-order valence-corrected chi connectivity index (χ1v) is 13.0. The van der Waals surface area contributed by atoms with Gasteiger partial charge in [0.2, 0.25) is 5.91 Å². The van der Waals surface area contributed by atoms with E-state index in [1.807, 2.05) is 30.3 Å². The number of carbonyl (C=O) groups excluding carboxylic acids is 2. The molecule has 10 nitrogen and oxygen atoms in total. The van der Waals surface area contributed by atoms with E-state index in [1.165, 1.54) is 13.4 Å². The quantitative estimate of drug-likeness (QED) is 0.310. The van der Waals surface area contributed by atoms with Crippen molar-refractivity contribution in [2.24, 2.45) is 5.92 Å². The molecule has 1 aromatic heterocycles. The fraction of sp³-hybridized carbons (Fsp3) is 0.345. The van der Waals surface area contributed by atoms with E-state index in [0.29, 0.717) is 41.2 Å². The summed E-state index contributed by atoms with van der Waals surface area (Å²) in [5.41, 5.74) is 8.82. The summed E-state index contributed by atoms with van der Waals surface area (Å²) in [6, 6.07) is 14.4. The van der Waals surface area contributed by atoms with Gasteiger partial charge in [0.1, 0.15) is 23.7 Å². The summed E-state index contributed by atoms with van der Waals surface area (Å²) in [6.45, 7) is 0.322. The smallest absolute Gasteiger partial charge is 0.255 e. The van der Waals surface area contributed by atoms with Gasteiger partial charge in [0.05, 0.1) is 23.9 Å². The average molecular weight is 530 g/mol. The molecular weight excluding hydrogens is 494 g/mol. The normalized spacial score (nSPS) is 16.7. The first-order chi connectivity index (χ1) is 18.8. The molecule has 0 spiro atoms. The Morgan fingerprint density at radius 1 is 1.10 bits per heavy atom. The SMILES string of the molecule is COc1ccccc1C(=O)NCc1ccc(C(=N)c2c(N)ncnc2NC2CCCC(C(=O)N(C)C)C2)cc1. The topological polar surface area (TPSA) is 146 Å². The second-order valence-corrected chi connectivity index (χ2v) is 9.87. The van der Waals surface area contributed by atoms with Crippen molar-refractivity contribution in [3.05, 3.63) is 77.1 Å². The van der Waals surface area contributed by atoms with Crippen molar-refractivity contribution in [1.82, 2.24) is 20.2 Å².